The van der Waals surface area contributed by atoms with Crippen molar-refractivity contribution < 1.29 is 19.1 Å². The number of hydrogen-bond acceptors (Lipinski definition) is 4. The number of esters is 1. The summed E-state index contributed by atoms with van der Waals surface area (Å²) in [5.74, 6) is 0.574. The van der Waals surface area contributed by atoms with E-state index in [0.717, 1.165) is 5.56 Å². The third-order valence-corrected chi connectivity index (χ3v) is 3.87. The molecule has 0 fully saturated rings. The topological polar surface area (TPSA) is 76.7 Å². The van der Waals surface area contributed by atoms with Gasteiger partial charge in [-0.2, -0.15) is 0 Å². The minimum atomic E-state index is -0.617. The number of carbonyl (C=O) groups excluding carboxylic acids is 2. The molecule has 1 aliphatic rings. The number of rotatable bonds is 7. The highest BCUT2D eigenvalue weighted by atomic mass is 16.5. The lowest BCUT2D eigenvalue weighted by atomic mass is 9.93. The minimum Gasteiger partial charge on any atom is -0.493 e. The number of ether oxygens (including phenoxy) is 2. The van der Waals surface area contributed by atoms with Gasteiger partial charge in [-0.15, -0.1) is 0 Å². The summed E-state index contributed by atoms with van der Waals surface area (Å²) in [5.41, 5.74) is 1.73. The van der Waals surface area contributed by atoms with Crippen LogP contribution in [0.15, 0.2) is 35.5 Å². The zero-order chi connectivity index (χ0) is 19.3. The van der Waals surface area contributed by atoms with Gasteiger partial charge in [-0.3, -0.25) is 0 Å². The average molecular weight is 360 g/mol. The second-order valence-corrected chi connectivity index (χ2v) is 6.97. The molecule has 2 N–H and O–H groups in total. The largest absolute Gasteiger partial charge is 0.493 e. The normalized spacial score (nSPS) is 17.2. The Bertz CT molecular complexity index is 695. The monoisotopic (exact) mass is 360 g/mol. The lowest BCUT2D eigenvalue weighted by Gasteiger charge is -2.30. The van der Waals surface area contributed by atoms with Crippen molar-refractivity contribution >= 4 is 12.0 Å². The number of nitrogens with one attached hydrogen (secondary N) is 2. The maximum absolute atomic E-state index is 12.7. The lowest BCUT2D eigenvalue weighted by molar-refractivity contribution is -0.143. The van der Waals surface area contributed by atoms with E-state index in [0.29, 0.717) is 36.0 Å². The smallest absolute Gasteiger partial charge is 0.338 e. The van der Waals surface area contributed by atoms with Crippen LogP contribution in [0.2, 0.25) is 0 Å². The van der Waals surface area contributed by atoms with Crippen molar-refractivity contribution in [2.45, 2.75) is 53.2 Å². The second-order valence-electron chi connectivity index (χ2n) is 6.97. The molecule has 0 bridgehead atoms. The van der Waals surface area contributed by atoms with Crippen LogP contribution in [0.4, 0.5) is 4.79 Å². The first kappa shape index (κ1) is 19.8. The van der Waals surface area contributed by atoms with Gasteiger partial charge in [0.25, 0.3) is 0 Å². The van der Waals surface area contributed by atoms with Gasteiger partial charge in [0, 0.05) is 11.3 Å². The molecule has 2 rings (SSSR count). The molecule has 0 aromatic heterocycles. The molecule has 6 heteroatoms. The fourth-order valence-corrected chi connectivity index (χ4v) is 2.76. The van der Waals surface area contributed by atoms with Crippen LogP contribution in [0.5, 0.6) is 5.75 Å². The number of hydrogen-bond donors (Lipinski definition) is 2. The van der Waals surface area contributed by atoms with E-state index in [-0.39, 0.29) is 12.1 Å². The number of carbonyl (C=O) groups is 2. The maximum atomic E-state index is 12.7. The van der Waals surface area contributed by atoms with Crippen molar-refractivity contribution in [3.05, 3.63) is 41.1 Å². The molecule has 1 aromatic carbocycles. The van der Waals surface area contributed by atoms with Crippen LogP contribution in [-0.2, 0) is 9.53 Å². The van der Waals surface area contributed by atoms with Gasteiger partial charge in [-0.1, -0.05) is 39.0 Å². The maximum Gasteiger partial charge on any atom is 0.338 e. The number of benzene rings is 1. The molecule has 0 saturated carbocycles. The molecule has 0 spiro atoms. The summed E-state index contributed by atoms with van der Waals surface area (Å²) in [4.78, 5) is 24.9. The zero-order valence-corrected chi connectivity index (χ0v) is 16.1. The van der Waals surface area contributed by atoms with E-state index in [9.17, 15) is 9.59 Å². The van der Waals surface area contributed by atoms with E-state index >= 15 is 0 Å². The summed E-state index contributed by atoms with van der Waals surface area (Å²) in [6, 6.07) is 6.49. The third kappa shape index (κ3) is 4.77. The molecule has 1 aliphatic heterocycles. The van der Waals surface area contributed by atoms with Crippen LogP contribution in [0, 0.1) is 5.92 Å². The van der Waals surface area contributed by atoms with Gasteiger partial charge in [0.15, 0.2) is 0 Å². The van der Waals surface area contributed by atoms with Crippen LogP contribution in [0.25, 0.3) is 0 Å². The molecule has 2 amide bonds. The summed E-state index contributed by atoms with van der Waals surface area (Å²) in [6.07, 6.45) is 0.264. The predicted octanol–water partition coefficient (Wildman–Crippen LogP) is 3.69. The Morgan fingerprint density at radius 2 is 1.88 bits per heavy atom. The van der Waals surface area contributed by atoms with Gasteiger partial charge in [0.2, 0.25) is 0 Å². The first-order valence-corrected chi connectivity index (χ1v) is 9.06. The van der Waals surface area contributed by atoms with Gasteiger partial charge in [-0.05, 0) is 32.3 Å². The van der Waals surface area contributed by atoms with Crippen molar-refractivity contribution in [1.82, 2.24) is 10.6 Å². The van der Waals surface area contributed by atoms with Crippen LogP contribution in [-0.4, -0.2) is 24.7 Å². The summed E-state index contributed by atoms with van der Waals surface area (Å²) in [5, 5.41) is 5.57. The fourth-order valence-electron chi connectivity index (χ4n) is 2.76. The fraction of sp³-hybridized carbons (Fsp3) is 0.500. The van der Waals surface area contributed by atoms with E-state index in [1.54, 1.807) is 13.8 Å². The Labute approximate surface area is 154 Å². The number of urea groups is 1. The van der Waals surface area contributed by atoms with Gasteiger partial charge < -0.3 is 20.1 Å². The molecule has 1 heterocycles. The van der Waals surface area contributed by atoms with Crippen LogP contribution in [0.3, 0.4) is 0 Å². The quantitative estimate of drug-likeness (QED) is 0.727. The van der Waals surface area contributed by atoms with Gasteiger partial charge >= 0.3 is 12.0 Å². The van der Waals surface area contributed by atoms with Crippen molar-refractivity contribution in [3.8, 4) is 5.75 Å². The molecule has 1 unspecified atom stereocenters. The van der Waals surface area contributed by atoms with Gasteiger partial charge in [-0.25, -0.2) is 9.59 Å². The Balaban J connectivity index is 2.47. The summed E-state index contributed by atoms with van der Waals surface area (Å²) in [6.45, 7) is 10.2. The standard InChI is InChI=1S/C20H28N2O4/c1-6-15-17(19(23)26-13(4)5)18(22-20(24)21-15)14-9-7-8-10-16(14)25-11-12(2)3/h7-10,12-13,18H,6,11H2,1-5H3,(H2,21,22,24). The summed E-state index contributed by atoms with van der Waals surface area (Å²) < 4.78 is 11.3. The van der Waals surface area contributed by atoms with E-state index < -0.39 is 12.0 Å². The number of para-hydroxylation sites is 1. The van der Waals surface area contributed by atoms with Crippen LogP contribution in [0.1, 0.15) is 52.6 Å². The Hall–Kier alpha value is -2.50. The second kappa shape index (κ2) is 8.74. The predicted molar refractivity (Wildman–Crippen MR) is 99.7 cm³/mol. The van der Waals surface area contributed by atoms with E-state index in [2.05, 4.69) is 24.5 Å². The van der Waals surface area contributed by atoms with Crippen molar-refractivity contribution in [3.63, 3.8) is 0 Å². The zero-order valence-electron chi connectivity index (χ0n) is 16.1. The van der Waals surface area contributed by atoms with Crippen molar-refractivity contribution in [1.29, 1.82) is 0 Å². The molecule has 1 atom stereocenters. The Morgan fingerprint density at radius 3 is 2.50 bits per heavy atom. The van der Waals surface area contributed by atoms with Crippen molar-refractivity contribution in [2.24, 2.45) is 5.92 Å². The molecule has 0 saturated heterocycles. The van der Waals surface area contributed by atoms with E-state index in [1.807, 2.05) is 31.2 Å². The lowest BCUT2D eigenvalue weighted by Crippen LogP contribution is -2.46. The molecule has 0 aliphatic carbocycles. The highest BCUT2D eigenvalue weighted by Gasteiger charge is 2.35. The molecule has 26 heavy (non-hydrogen) atoms. The Morgan fingerprint density at radius 1 is 1.19 bits per heavy atom. The van der Waals surface area contributed by atoms with Gasteiger partial charge in [0.1, 0.15) is 5.75 Å². The highest BCUT2D eigenvalue weighted by Crippen LogP contribution is 2.34. The first-order valence-electron chi connectivity index (χ1n) is 9.06. The number of allylic oxidation sites excluding steroid dienone is 1. The molecule has 1 aromatic rings. The SMILES string of the molecule is CCC1=C(C(=O)OC(C)C)C(c2ccccc2OCC(C)C)NC(=O)N1. The molecular formula is C20H28N2O4. The average Bonchev–Trinajstić information content (AvgIpc) is 2.58. The van der Waals surface area contributed by atoms with Crippen LogP contribution < -0.4 is 15.4 Å². The first-order chi connectivity index (χ1) is 12.3. The Kier molecular flexibility index (Phi) is 6.66. The third-order valence-electron chi connectivity index (χ3n) is 3.87. The highest BCUT2D eigenvalue weighted by molar-refractivity contribution is 5.95. The molecule has 142 valence electrons. The summed E-state index contributed by atoms with van der Waals surface area (Å²) >= 11 is 0. The van der Waals surface area contributed by atoms with E-state index in [4.69, 9.17) is 9.47 Å². The minimum absolute atomic E-state index is 0.251. The van der Waals surface area contributed by atoms with Crippen LogP contribution >= 0.6 is 0 Å². The molecular weight excluding hydrogens is 332 g/mol. The van der Waals surface area contributed by atoms with Gasteiger partial charge in [0.05, 0.1) is 24.3 Å². The number of amides is 2. The molecule has 0 radical (unpaired) electrons. The molecule has 6 nitrogen and oxygen atoms in total. The summed E-state index contributed by atoms with van der Waals surface area (Å²) in [7, 11) is 0. The van der Waals surface area contributed by atoms with E-state index in [1.165, 1.54) is 0 Å². The van der Waals surface area contributed by atoms with Crippen molar-refractivity contribution in [2.75, 3.05) is 6.61 Å².